The molecule has 1 atom stereocenters. The van der Waals surface area contributed by atoms with E-state index in [2.05, 4.69) is 15.5 Å². The molecule has 1 amide bonds. The Morgan fingerprint density at radius 1 is 1.25 bits per heavy atom. The summed E-state index contributed by atoms with van der Waals surface area (Å²) in [5.41, 5.74) is 0. The van der Waals surface area contributed by atoms with Crippen molar-refractivity contribution < 1.29 is 22.4 Å². The van der Waals surface area contributed by atoms with Gasteiger partial charge in [0.15, 0.2) is 9.84 Å². The third-order valence-corrected chi connectivity index (χ3v) is 5.21. The topological polar surface area (TPSA) is 111 Å². The van der Waals surface area contributed by atoms with E-state index in [1.807, 2.05) is 0 Å². The monoisotopic (exact) mass is 351 g/mol. The van der Waals surface area contributed by atoms with Gasteiger partial charge in [-0.1, -0.05) is 18.2 Å². The molecule has 1 aliphatic heterocycles. The fraction of sp³-hybridized carbons (Fsp3) is 0.400. The van der Waals surface area contributed by atoms with E-state index in [0.717, 1.165) is 12.8 Å². The Morgan fingerprint density at radius 2 is 2.04 bits per heavy atom. The predicted molar refractivity (Wildman–Crippen MR) is 82.9 cm³/mol. The van der Waals surface area contributed by atoms with E-state index >= 15 is 0 Å². The molecule has 0 aliphatic carbocycles. The summed E-state index contributed by atoms with van der Waals surface area (Å²) in [5, 5.41) is 9.88. The molecule has 1 N–H and O–H groups in total. The van der Waals surface area contributed by atoms with Gasteiger partial charge in [-0.2, -0.15) is 0 Å². The molecule has 1 aromatic carbocycles. The molecule has 2 heterocycles. The number of ether oxygens (including phenoxy) is 1. The van der Waals surface area contributed by atoms with Gasteiger partial charge in [-0.05, 0) is 25.0 Å². The van der Waals surface area contributed by atoms with Crippen LogP contribution >= 0.6 is 0 Å². The highest BCUT2D eigenvalue weighted by molar-refractivity contribution is 7.90. The Morgan fingerprint density at radius 3 is 2.75 bits per heavy atom. The van der Waals surface area contributed by atoms with Crippen LogP contribution in [0.15, 0.2) is 39.6 Å². The first-order chi connectivity index (χ1) is 11.5. The molecule has 128 valence electrons. The van der Waals surface area contributed by atoms with E-state index < -0.39 is 21.5 Å². The number of hydrogen-bond donors (Lipinski definition) is 1. The van der Waals surface area contributed by atoms with E-state index in [1.165, 1.54) is 12.1 Å². The second-order valence-electron chi connectivity index (χ2n) is 5.42. The number of benzene rings is 1. The molecule has 0 saturated carbocycles. The normalized spacial score (nSPS) is 17.8. The van der Waals surface area contributed by atoms with E-state index in [9.17, 15) is 13.2 Å². The van der Waals surface area contributed by atoms with Crippen LogP contribution in [0.3, 0.4) is 0 Å². The molecule has 1 saturated heterocycles. The molecule has 24 heavy (non-hydrogen) atoms. The molecule has 1 aromatic heterocycles. The summed E-state index contributed by atoms with van der Waals surface area (Å²) >= 11 is 0. The first-order valence-corrected chi connectivity index (χ1v) is 9.20. The van der Waals surface area contributed by atoms with Gasteiger partial charge in [0.1, 0.15) is 5.75 Å². The molecule has 0 bridgehead atoms. The molecule has 3 rings (SSSR count). The molecular weight excluding hydrogens is 334 g/mol. The summed E-state index contributed by atoms with van der Waals surface area (Å²) in [6, 6.07) is 7.96. The fourth-order valence-electron chi connectivity index (χ4n) is 2.36. The zero-order valence-electron chi connectivity index (χ0n) is 12.8. The lowest BCUT2D eigenvalue weighted by Crippen LogP contribution is -2.31. The Labute approximate surface area is 139 Å². The van der Waals surface area contributed by atoms with Crippen LogP contribution in [-0.4, -0.2) is 43.8 Å². The summed E-state index contributed by atoms with van der Waals surface area (Å²) in [4.78, 5) is 12.1. The fourth-order valence-corrected chi connectivity index (χ4v) is 3.55. The minimum absolute atomic E-state index is 0.00481. The second kappa shape index (κ2) is 7.10. The highest BCUT2D eigenvalue weighted by Crippen LogP contribution is 2.15. The molecule has 0 spiro atoms. The van der Waals surface area contributed by atoms with Crippen molar-refractivity contribution in [1.82, 2.24) is 15.5 Å². The third-order valence-electron chi connectivity index (χ3n) is 3.59. The van der Waals surface area contributed by atoms with Crippen LogP contribution in [0.4, 0.5) is 0 Å². The maximum atomic E-state index is 12.2. The Balaban J connectivity index is 1.61. The molecule has 9 heteroatoms. The van der Waals surface area contributed by atoms with Crippen molar-refractivity contribution in [2.45, 2.75) is 29.6 Å². The van der Waals surface area contributed by atoms with Crippen LogP contribution in [0, 0.1) is 0 Å². The minimum Gasteiger partial charge on any atom is -0.416 e. The van der Waals surface area contributed by atoms with Crippen molar-refractivity contribution in [2.24, 2.45) is 0 Å². The molecule has 1 fully saturated rings. The van der Waals surface area contributed by atoms with Gasteiger partial charge in [0.05, 0.1) is 11.0 Å². The van der Waals surface area contributed by atoms with Gasteiger partial charge in [0.25, 0.3) is 0 Å². The number of aromatic nitrogens is 2. The molecule has 0 unspecified atom stereocenters. The summed E-state index contributed by atoms with van der Waals surface area (Å²) in [7, 11) is -3.60. The summed E-state index contributed by atoms with van der Waals surface area (Å²) in [5.74, 6) is -1.38. The Bertz CT molecular complexity index is 798. The van der Waals surface area contributed by atoms with E-state index in [-0.39, 0.29) is 22.8 Å². The predicted octanol–water partition coefficient (Wildman–Crippen LogP) is 0.952. The van der Waals surface area contributed by atoms with E-state index in [1.54, 1.807) is 18.2 Å². The zero-order valence-corrected chi connectivity index (χ0v) is 13.7. The molecular formula is C15H17N3O5S. The van der Waals surface area contributed by atoms with Gasteiger partial charge in [0.2, 0.25) is 5.89 Å². The zero-order chi connectivity index (χ0) is 17.0. The van der Waals surface area contributed by atoms with Crippen LogP contribution < -0.4 is 5.32 Å². The van der Waals surface area contributed by atoms with E-state index in [0.29, 0.717) is 13.2 Å². The highest BCUT2D eigenvalue weighted by atomic mass is 32.2. The molecule has 8 nitrogen and oxygen atoms in total. The average molecular weight is 351 g/mol. The largest absolute Gasteiger partial charge is 0.416 e. The summed E-state index contributed by atoms with van der Waals surface area (Å²) in [6.45, 7) is 1.06. The van der Waals surface area contributed by atoms with Gasteiger partial charge in [-0.3, -0.25) is 4.79 Å². The van der Waals surface area contributed by atoms with Crippen LogP contribution in [-0.2, 0) is 20.3 Å². The number of nitrogens with zero attached hydrogens (tertiary/aromatic N) is 2. The lowest BCUT2D eigenvalue weighted by Gasteiger charge is -2.08. The number of hydrogen-bond acceptors (Lipinski definition) is 7. The lowest BCUT2D eigenvalue weighted by atomic mass is 10.2. The van der Waals surface area contributed by atoms with Crippen molar-refractivity contribution in [3.63, 3.8) is 0 Å². The Kier molecular flexibility index (Phi) is 4.91. The standard InChI is InChI=1S/C15H17N3O5S/c19-14(16-9-11-5-4-8-22-11)15-18-17-13(23-15)10-24(20,21)12-6-2-1-3-7-12/h1-3,6-7,11H,4-5,8-10H2,(H,16,19)/t11-/m1/s1. The number of amides is 1. The van der Waals surface area contributed by atoms with Gasteiger partial charge in [-0.25, -0.2) is 8.42 Å². The first kappa shape index (κ1) is 16.6. The average Bonchev–Trinajstić information content (AvgIpc) is 3.25. The number of carbonyl (C=O) groups is 1. The van der Waals surface area contributed by atoms with Gasteiger partial charge in [0, 0.05) is 13.2 Å². The number of nitrogens with one attached hydrogen (secondary N) is 1. The summed E-state index contributed by atoms with van der Waals surface area (Å²) in [6.07, 6.45) is 1.86. The smallest absolute Gasteiger partial charge is 0.308 e. The van der Waals surface area contributed by atoms with Crippen molar-refractivity contribution >= 4 is 15.7 Å². The van der Waals surface area contributed by atoms with Crippen molar-refractivity contribution in [2.75, 3.05) is 13.2 Å². The molecule has 0 radical (unpaired) electrons. The van der Waals surface area contributed by atoms with Crippen LogP contribution in [0.25, 0.3) is 0 Å². The van der Waals surface area contributed by atoms with Crippen molar-refractivity contribution in [3.05, 3.63) is 42.1 Å². The summed E-state index contributed by atoms with van der Waals surface area (Å²) < 4.78 is 35.0. The molecule has 2 aromatic rings. The van der Waals surface area contributed by atoms with Crippen LogP contribution in [0.1, 0.15) is 29.4 Å². The van der Waals surface area contributed by atoms with Crippen LogP contribution in [0.5, 0.6) is 0 Å². The lowest BCUT2D eigenvalue weighted by molar-refractivity contribution is 0.0828. The van der Waals surface area contributed by atoms with Crippen molar-refractivity contribution in [1.29, 1.82) is 0 Å². The highest BCUT2D eigenvalue weighted by Gasteiger charge is 2.22. The van der Waals surface area contributed by atoms with Crippen molar-refractivity contribution in [3.8, 4) is 0 Å². The number of carbonyl (C=O) groups excluding carboxylic acids is 1. The van der Waals surface area contributed by atoms with Gasteiger partial charge >= 0.3 is 11.8 Å². The maximum absolute atomic E-state index is 12.2. The maximum Gasteiger partial charge on any atom is 0.308 e. The third kappa shape index (κ3) is 3.98. The first-order valence-electron chi connectivity index (χ1n) is 7.54. The van der Waals surface area contributed by atoms with Gasteiger partial charge < -0.3 is 14.5 Å². The minimum atomic E-state index is -3.60. The number of rotatable bonds is 6. The second-order valence-corrected chi connectivity index (χ2v) is 7.41. The van der Waals surface area contributed by atoms with E-state index in [4.69, 9.17) is 9.15 Å². The quantitative estimate of drug-likeness (QED) is 0.824. The van der Waals surface area contributed by atoms with Gasteiger partial charge in [-0.15, -0.1) is 10.2 Å². The SMILES string of the molecule is O=C(NC[C@H]1CCCO1)c1nnc(CS(=O)(=O)c2ccccc2)o1. The molecule has 1 aliphatic rings. The Hall–Kier alpha value is -2.26. The van der Waals surface area contributed by atoms with Crippen LogP contribution in [0.2, 0.25) is 0 Å². The number of sulfone groups is 1.